The zero-order valence-corrected chi connectivity index (χ0v) is 12.8. The van der Waals surface area contributed by atoms with Gasteiger partial charge in [-0.05, 0) is 28.8 Å². The first-order chi connectivity index (χ1) is 9.65. The molecule has 0 saturated heterocycles. The minimum absolute atomic E-state index is 0.0389. The van der Waals surface area contributed by atoms with E-state index in [4.69, 9.17) is 4.74 Å². The highest BCUT2D eigenvalue weighted by Gasteiger charge is 2.22. The molecule has 0 bridgehead atoms. The van der Waals surface area contributed by atoms with Crippen molar-refractivity contribution < 1.29 is 9.53 Å². The molecule has 5 nitrogen and oxygen atoms in total. The fourth-order valence-electron chi connectivity index (χ4n) is 2.06. The van der Waals surface area contributed by atoms with Crippen molar-refractivity contribution in [2.24, 2.45) is 7.05 Å². The fraction of sp³-hybridized carbons (Fsp3) is 0.429. The highest BCUT2D eigenvalue weighted by atomic mass is 32.1. The second-order valence-corrected chi connectivity index (χ2v) is 5.36. The van der Waals surface area contributed by atoms with Crippen LogP contribution in [-0.4, -0.2) is 34.2 Å². The van der Waals surface area contributed by atoms with Crippen molar-refractivity contribution in [1.29, 1.82) is 0 Å². The van der Waals surface area contributed by atoms with Crippen molar-refractivity contribution in [3.63, 3.8) is 0 Å². The average molecular weight is 293 g/mol. The molecule has 2 heterocycles. The van der Waals surface area contributed by atoms with E-state index in [1.165, 1.54) is 7.11 Å². The highest BCUT2D eigenvalue weighted by molar-refractivity contribution is 7.07. The lowest BCUT2D eigenvalue weighted by molar-refractivity contribution is 0.0740. The smallest absolute Gasteiger partial charge is 0.261 e. The Kier molecular flexibility index (Phi) is 4.79. The van der Waals surface area contributed by atoms with Crippen molar-refractivity contribution in [3.05, 3.63) is 34.2 Å². The van der Waals surface area contributed by atoms with Gasteiger partial charge in [0.1, 0.15) is 5.56 Å². The summed E-state index contributed by atoms with van der Waals surface area (Å²) >= 11 is 1.64. The number of carbonyl (C=O) groups is 1. The number of aryl methyl sites for hydroxylation is 1. The van der Waals surface area contributed by atoms with Crippen LogP contribution in [0.2, 0.25) is 0 Å². The van der Waals surface area contributed by atoms with Crippen LogP contribution >= 0.6 is 11.3 Å². The molecule has 0 aliphatic rings. The van der Waals surface area contributed by atoms with Gasteiger partial charge in [0.25, 0.3) is 5.91 Å². The maximum atomic E-state index is 12.7. The van der Waals surface area contributed by atoms with Crippen LogP contribution in [0.4, 0.5) is 0 Å². The molecule has 0 aliphatic heterocycles. The van der Waals surface area contributed by atoms with E-state index in [9.17, 15) is 4.79 Å². The number of methoxy groups -OCH3 is 1. The number of carbonyl (C=O) groups excluding carboxylic acids is 1. The number of thiophene rings is 1. The number of nitrogens with zero attached hydrogens (tertiary/aromatic N) is 3. The molecule has 0 aromatic carbocycles. The maximum Gasteiger partial charge on any atom is 0.261 e. The van der Waals surface area contributed by atoms with Crippen LogP contribution in [0.25, 0.3) is 0 Å². The standard InChI is InChI=1S/C14H19N3O2S/c1-4-6-17(8-11-5-7-20-10-11)14(18)12-9-16(2)15-13(12)19-3/h5,7,9-10H,4,6,8H2,1-3H3. The molecule has 2 aromatic heterocycles. The molecule has 0 radical (unpaired) electrons. The molecule has 0 fully saturated rings. The summed E-state index contributed by atoms with van der Waals surface area (Å²) in [5, 5.41) is 8.23. The van der Waals surface area contributed by atoms with E-state index in [0.29, 0.717) is 24.5 Å². The Balaban J connectivity index is 2.21. The highest BCUT2D eigenvalue weighted by Crippen LogP contribution is 2.19. The summed E-state index contributed by atoms with van der Waals surface area (Å²) in [6.45, 7) is 3.40. The summed E-state index contributed by atoms with van der Waals surface area (Å²) in [5.41, 5.74) is 1.67. The van der Waals surface area contributed by atoms with Gasteiger partial charge in [0.2, 0.25) is 5.88 Å². The minimum atomic E-state index is -0.0389. The van der Waals surface area contributed by atoms with E-state index in [2.05, 4.69) is 17.4 Å². The number of ether oxygens (including phenoxy) is 1. The lowest BCUT2D eigenvalue weighted by Crippen LogP contribution is -2.31. The Labute approximate surface area is 122 Å². The van der Waals surface area contributed by atoms with Gasteiger partial charge in [0, 0.05) is 26.3 Å². The van der Waals surface area contributed by atoms with Crippen LogP contribution in [0.1, 0.15) is 29.3 Å². The zero-order valence-electron chi connectivity index (χ0n) is 12.0. The van der Waals surface area contributed by atoms with E-state index < -0.39 is 0 Å². The summed E-state index contributed by atoms with van der Waals surface area (Å²) in [7, 11) is 3.31. The van der Waals surface area contributed by atoms with Crippen LogP contribution in [0.5, 0.6) is 5.88 Å². The van der Waals surface area contributed by atoms with Crippen molar-refractivity contribution in [2.45, 2.75) is 19.9 Å². The summed E-state index contributed by atoms with van der Waals surface area (Å²) in [6.07, 6.45) is 2.62. The summed E-state index contributed by atoms with van der Waals surface area (Å²) < 4.78 is 6.77. The predicted molar refractivity (Wildman–Crippen MR) is 79.1 cm³/mol. The third kappa shape index (κ3) is 3.19. The van der Waals surface area contributed by atoms with E-state index >= 15 is 0 Å². The Morgan fingerprint density at radius 3 is 2.95 bits per heavy atom. The molecule has 0 unspecified atom stereocenters. The molecule has 20 heavy (non-hydrogen) atoms. The van der Waals surface area contributed by atoms with Crippen molar-refractivity contribution in [1.82, 2.24) is 14.7 Å². The van der Waals surface area contributed by atoms with Gasteiger partial charge in [0.15, 0.2) is 0 Å². The minimum Gasteiger partial charge on any atom is -0.479 e. The molecule has 0 aliphatic carbocycles. The second-order valence-electron chi connectivity index (χ2n) is 4.58. The third-order valence-corrected chi connectivity index (χ3v) is 3.68. The van der Waals surface area contributed by atoms with Crippen LogP contribution < -0.4 is 4.74 Å². The fourth-order valence-corrected chi connectivity index (χ4v) is 2.72. The molecule has 2 aromatic rings. The van der Waals surface area contributed by atoms with Gasteiger partial charge >= 0.3 is 0 Å². The molecule has 1 amide bonds. The molecular weight excluding hydrogens is 274 g/mol. The number of rotatable bonds is 6. The normalized spacial score (nSPS) is 10.6. The predicted octanol–water partition coefficient (Wildman–Crippen LogP) is 2.54. The lowest BCUT2D eigenvalue weighted by atomic mass is 10.2. The Morgan fingerprint density at radius 1 is 1.55 bits per heavy atom. The monoisotopic (exact) mass is 293 g/mol. The van der Waals surface area contributed by atoms with Gasteiger partial charge in [-0.15, -0.1) is 5.10 Å². The van der Waals surface area contributed by atoms with E-state index in [1.54, 1.807) is 29.3 Å². The van der Waals surface area contributed by atoms with Gasteiger partial charge in [-0.2, -0.15) is 11.3 Å². The topological polar surface area (TPSA) is 47.4 Å². The summed E-state index contributed by atoms with van der Waals surface area (Å²) in [6, 6.07) is 2.04. The molecule has 0 N–H and O–H groups in total. The molecular formula is C14H19N3O2S. The van der Waals surface area contributed by atoms with Crippen LogP contribution in [0.3, 0.4) is 0 Å². The molecule has 0 atom stereocenters. The Bertz CT molecular complexity index is 563. The largest absolute Gasteiger partial charge is 0.479 e. The zero-order chi connectivity index (χ0) is 14.5. The van der Waals surface area contributed by atoms with Gasteiger partial charge in [-0.25, -0.2) is 0 Å². The van der Waals surface area contributed by atoms with Gasteiger partial charge < -0.3 is 9.64 Å². The van der Waals surface area contributed by atoms with E-state index in [0.717, 1.165) is 12.0 Å². The van der Waals surface area contributed by atoms with E-state index in [1.807, 2.05) is 16.3 Å². The Hall–Kier alpha value is -1.82. The molecule has 0 spiro atoms. The summed E-state index contributed by atoms with van der Waals surface area (Å²) in [5.74, 6) is 0.340. The first-order valence-corrected chi connectivity index (χ1v) is 7.48. The molecule has 6 heteroatoms. The van der Waals surface area contributed by atoms with E-state index in [-0.39, 0.29) is 5.91 Å². The summed E-state index contributed by atoms with van der Waals surface area (Å²) in [4.78, 5) is 14.5. The molecule has 0 saturated carbocycles. The van der Waals surface area contributed by atoms with Crippen molar-refractivity contribution in [3.8, 4) is 5.88 Å². The number of amides is 1. The number of hydrogen-bond acceptors (Lipinski definition) is 4. The van der Waals surface area contributed by atoms with Crippen LogP contribution in [0, 0.1) is 0 Å². The lowest BCUT2D eigenvalue weighted by Gasteiger charge is -2.21. The van der Waals surface area contributed by atoms with Gasteiger partial charge in [0.05, 0.1) is 7.11 Å². The van der Waals surface area contributed by atoms with Crippen LogP contribution in [-0.2, 0) is 13.6 Å². The molecule has 108 valence electrons. The van der Waals surface area contributed by atoms with Gasteiger partial charge in [-0.3, -0.25) is 9.48 Å². The average Bonchev–Trinajstić information content (AvgIpc) is 3.06. The van der Waals surface area contributed by atoms with Crippen molar-refractivity contribution in [2.75, 3.05) is 13.7 Å². The third-order valence-electron chi connectivity index (χ3n) is 2.95. The second kappa shape index (κ2) is 6.56. The number of hydrogen-bond donors (Lipinski definition) is 0. The van der Waals surface area contributed by atoms with Crippen LogP contribution in [0.15, 0.2) is 23.0 Å². The first-order valence-electron chi connectivity index (χ1n) is 6.53. The number of aromatic nitrogens is 2. The SMILES string of the molecule is CCCN(Cc1ccsc1)C(=O)c1cn(C)nc1OC. The maximum absolute atomic E-state index is 12.7. The quantitative estimate of drug-likeness (QED) is 0.822. The van der Waals surface area contributed by atoms with Gasteiger partial charge in [-0.1, -0.05) is 6.92 Å². The molecule has 2 rings (SSSR count). The Morgan fingerprint density at radius 2 is 2.35 bits per heavy atom. The first kappa shape index (κ1) is 14.6. The van der Waals surface area contributed by atoms with Crippen molar-refractivity contribution >= 4 is 17.2 Å².